The Morgan fingerprint density at radius 2 is 0.938 bits per heavy atom. The third kappa shape index (κ3) is 8.47. The van der Waals surface area contributed by atoms with Crippen LogP contribution in [0.15, 0.2) is 72.8 Å². The van der Waals surface area contributed by atoms with Gasteiger partial charge in [-0.1, -0.05) is 75.2 Å². The molecule has 0 radical (unpaired) electrons. The molecule has 2 atom stereocenters. The summed E-state index contributed by atoms with van der Waals surface area (Å²) in [7, 11) is 0. The highest BCUT2D eigenvalue weighted by atomic mass is 16.6. The number of nitro groups is 2. The molecule has 4 rings (SSSR count). The average molecular weight is 657 g/mol. The molecule has 0 spiro atoms. The Morgan fingerprint density at radius 3 is 1.25 bits per heavy atom. The lowest BCUT2D eigenvalue weighted by Gasteiger charge is -2.24. The third-order valence-electron chi connectivity index (χ3n) is 8.63. The second kappa shape index (κ2) is 15.9. The number of rotatable bonds is 16. The Balaban J connectivity index is 1.86. The van der Waals surface area contributed by atoms with E-state index in [0.717, 1.165) is 85.0 Å². The van der Waals surface area contributed by atoms with Crippen LogP contribution in [-0.4, -0.2) is 36.1 Å². The van der Waals surface area contributed by atoms with E-state index in [1.165, 1.54) is 0 Å². The highest BCUT2D eigenvalue weighted by molar-refractivity contribution is 5.93. The fraction of sp³-hybridized carbons (Fsp3) is 0.324. The van der Waals surface area contributed by atoms with Gasteiger partial charge in [-0.15, -0.1) is 0 Å². The number of hydrogen-bond donors (Lipinski definition) is 4. The summed E-state index contributed by atoms with van der Waals surface area (Å²) >= 11 is 0. The van der Waals surface area contributed by atoms with E-state index in [4.69, 9.17) is 0 Å². The van der Waals surface area contributed by atoms with Crippen LogP contribution in [0.4, 0.5) is 11.4 Å². The Morgan fingerprint density at radius 1 is 0.604 bits per heavy atom. The number of hydrogen-bond acceptors (Lipinski definition) is 9. The molecule has 0 saturated carbocycles. The predicted octanol–water partition coefficient (Wildman–Crippen LogP) is 7.93. The van der Waals surface area contributed by atoms with Crippen LogP contribution in [0.25, 0.3) is 0 Å². The van der Waals surface area contributed by atoms with Crippen LogP contribution in [0.3, 0.4) is 0 Å². The number of aryl methyl sites for hydroxylation is 2. The second-order valence-corrected chi connectivity index (χ2v) is 12.1. The highest BCUT2D eigenvalue weighted by Gasteiger charge is 2.34. The van der Waals surface area contributed by atoms with Crippen LogP contribution in [0.1, 0.15) is 84.7 Å². The van der Waals surface area contributed by atoms with Crippen LogP contribution < -0.4 is 0 Å². The molecule has 0 heterocycles. The minimum absolute atomic E-state index is 0.0485. The van der Waals surface area contributed by atoms with Gasteiger partial charge in [-0.2, -0.15) is 0 Å². The molecule has 48 heavy (non-hydrogen) atoms. The number of nitro benzene ring substituents is 2. The Labute approximate surface area is 278 Å². The molecule has 0 saturated heterocycles. The smallest absolute Gasteiger partial charge is 0.314 e. The van der Waals surface area contributed by atoms with Gasteiger partial charge in [0.1, 0.15) is 5.78 Å². The number of carbonyl (C=O) groups is 1. The summed E-state index contributed by atoms with van der Waals surface area (Å²) in [6.07, 6.45) is 5.90. The molecular formula is C37H40N2O9. The Hall–Kier alpha value is -5.45. The SMILES string of the molecule is CCCCc1ccc(CC(C(=O)C(Cc2ccc(CCCC)cc2)c2cc(O)c(O)c([N+](=O)[O-])c2)c2cc(O)c(O)c([N+](=O)[O-])c2)cc1. The van der Waals surface area contributed by atoms with Crippen molar-refractivity contribution in [3.8, 4) is 23.0 Å². The van der Waals surface area contributed by atoms with E-state index in [1.807, 2.05) is 48.5 Å². The summed E-state index contributed by atoms with van der Waals surface area (Å²) in [5.74, 6) is -6.17. The zero-order valence-electron chi connectivity index (χ0n) is 27.0. The molecule has 4 aromatic rings. The van der Waals surface area contributed by atoms with Gasteiger partial charge in [0.2, 0.25) is 11.5 Å². The van der Waals surface area contributed by atoms with Crippen LogP contribution in [0.5, 0.6) is 23.0 Å². The van der Waals surface area contributed by atoms with E-state index in [1.54, 1.807) is 0 Å². The van der Waals surface area contributed by atoms with E-state index < -0.39 is 61.8 Å². The monoisotopic (exact) mass is 656 g/mol. The molecule has 252 valence electrons. The molecule has 0 aliphatic carbocycles. The van der Waals surface area contributed by atoms with Gasteiger partial charge >= 0.3 is 11.4 Å². The number of benzene rings is 4. The summed E-state index contributed by atoms with van der Waals surface area (Å²) in [4.78, 5) is 36.7. The van der Waals surface area contributed by atoms with Gasteiger partial charge in [0, 0.05) is 24.0 Å². The lowest BCUT2D eigenvalue weighted by Crippen LogP contribution is -2.24. The van der Waals surface area contributed by atoms with Crippen molar-refractivity contribution in [2.24, 2.45) is 0 Å². The van der Waals surface area contributed by atoms with Gasteiger partial charge in [0.05, 0.1) is 9.85 Å². The number of unbranched alkanes of at least 4 members (excludes halogenated alkanes) is 2. The molecule has 4 aromatic carbocycles. The Kier molecular flexibility index (Phi) is 11.7. The summed E-state index contributed by atoms with van der Waals surface area (Å²) < 4.78 is 0. The van der Waals surface area contributed by atoms with E-state index in [0.29, 0.717) is 0 Å². The van der Waals surface area contributed by atoms with Gasteiger partial charge in [-0.25, -0.2) is 0 Å². The first kappa shape index (κ1) is 35.4. The number of carbonyl (C=O) groups excluding carboxylic acids is 1. The van der Waals surface area contributed by atoms with E-state index in [2.05, 4.69) is 13.8 Å². The molecule has 0 aliphatic heterocycles. The molecular weight excluding hydrogens is 616 g/mol. The molecule has 0 amide bonds. The summed E-state index contributed by atoms with van der Waals surface area (Å²) in [6.45, 7) is 4.19. The van der Waals surface area contributed by atoms with Crippen molar-refractivity contribution in [2.45, 2.75) is 77.0 Å². The number of aromatic hydroxyl groups is 4. The van der Waals surface area contributed by atoms with Gasteiger partial charge in [-0.05, 0) is 84.0 Å². The first-order valence-electron chi connectivity index (χ1n) is 16.0. The molecule has 11 nitrogen and oxygen atoms in total. The van der Waals surface area contributed by atoms with Crippen LogP contribution in [-0.2, 0) is 30.5 Å². The standard InChI is InChI=1S/C37H40N2O9/c1-3-5-7-23-9-13-25(14-10-23)17-29(27-19-31(38(45)46)36(43)33(40)21-27)35(42)30(18-26-15-11-24(12-16-26)8-6-4-2)28-20-32(39(47)48)37(44)34(41)22-28/h9-16,19-22,29-30,40-41,43-44H,3-8,17-18H2,1-2H3. The quantitative estimate of drug-likeness (QED) is 0.0528. The Bertz CT molecular complexity index is 1640. The highest BCUT2D eigenvalue weighted by Crippen LogP contribution is 2.43. The fourth-order valence-electron chi connectivity index (χ4n) is 5.86. The second-order valence-electron chi connectivity index (χ2n) is 12.1. The van der Waals surface area contributed by atoms with E-state index in [9.17, 15) is 45.4 Å². The predicted molar refractivity (Wildman–Crippen MR) is 181 cm³/mol. The van der Waals surface area contributed by atoms with E-state index >= 15 is 0 Å². The maximum absolute atomic E-state index is 14.8. The maximum Gasteiger partial charge on any atom is 0.314 e. The zero-order chi connectivity index (χ0) is 35.0. The van der Waals surface area contributed by atoms with Crippen LogP contribution in [0, 0.1) is 20.2 Å². The van der Waals surface area contributed by atoms with Gasteiger partial charge < -0.3 is 20.4 Å². The molecule has 11 heteroatoms. The summed E-state index contributed by atoms with van der Waals surface area (Å²) in [6, 6.07) is 19.5. The van der Waals surface area contributed by atoms with Gasteiger partial charge in [0.25, 0.3) is 0 Å². The van der Waals surface area contributed by atoms with E-state index in [-0.39, 0.29) is 24.0 Å². The third-order valence-corrected chi connectivity index (χ3v) is 8.63. The summed E-state index contributed by atoms with van der Waals surface area (Å²) in [5, 5.41) is 65.0. The van der Waals surface area contributed by atoms with Crippen molar-refractivity contribution < 1.29 is 35.1 Å². The minimum Gasteiger partial charge on any atom is -0.504 e. The number of Topliss-reactive ketones (excluding diaryl/α,β-unsaturated/α-hetero) is 1. The maximum atomic E-state index is 14.8. The topological polar surface area (TPSA) is 184 Å². The molecule has 0 aromatic heterocycles. The number of phenolic OH excluding ortho intramolecular Hbond substituents is 4. The molecule has 4 N–H and O–H groups in total. The van der Waals surface area contributed by atoms with Crippen molar-refractivity contribution in [3.05, 3.63) is 126 Å². The zero-order valence-corrected chi connectivity index (χ0v) is 27.0. The number of ketones is 1. The minimum atomic E-state index is -1.12. The number of phenols is 4. The van der Waals surface area contributed by atoms with Crippen molar-refractivity contribution in [2.75, 3.05) is 0 Å². The molecule has 0 bridgehead atoms. The average Bonchev–Trinajstić information content (AvgIpc) is 3.07. The molecule has 2 unspecified atom stereocenters. The first-order valence-corrected chi connectivity index (χ1v) is 16.0. The first-order chi connectivity index (χ1) is 22.9. The van der Waals surface area contributed by atoms with Gasteiger partial charge in [0.15, 0.2) is 11.5 Å². The van der Waals surface area contributed by atoms with Crippen molar-refractivity contribution in [1.29, 1.82) is 0 Å². The van der Waals surface area contributed by atoms with Crippen molar-refractivity contribution in [3.63, 3.8) is 0 Å². The largest absolute Gasteiger partial charge is 0.504 e. The summed E-state index contributed by atoms with van der Waals surface area (Å²) in [5.41, 5.74) is 2.22. The van der Waals surface area contributed by atoms with Crippen LogP contribution in [0.2, 0.25) is 0 Å². The van der Waals surface area contributed by atoms with Gasteiger partial charge in [-0.3, -0.25) is 25.0 Å². The lowest BCUT2D eigenvalue weighted by atomic mass is 9.77. The normalized spacial score (nSPS) is 12.4. The molecule has 0 aliphatic rings. The number of nitrogens with zero attached hydrogens (tertiary/aromatic N) is 2. The van der Waals surface area contributed by atoms with Crippen LogP contribution >= 0.6 is 0 Å². The van der Waals surface area contributed by atoms with Crippen molar-refractivity contribution >= 4 is 17.2 Å². The lowest BCUT2D eigenvalue weighted by molar-refractivity contribution is -0.386. The fourth-order valence-corrected chi connectivity index (χ4v) is 5.86. The molecule has 0 fully saturated rings. The van der Waals surface area contributed by atoms with Crippen molar-refractivity contribution in [1.82, 2.24) is 0 Å².